The molecule has 0 aliphatic carbocycles. The minimum Gasteiger partial charge on any atom is -0.378 e. The molecule has 0 bridgehead atoms. The average molecular weight is 357 g/mol. The van der Waals surface area contributed by atoms with E-state index in [1.54, 1.807) is 0 Å². The van der Waals surface area contributed by atoms with Crippen LogP contribution in [-0.4, -0.2) is 59.4 Å². The molecule has 1 amide bonds. The molecule has 1 atom stereocenters. The van der Waals surface area contributed by atoms with Crippen molar-refractivity contribution >= 4 is 11.6 Å². The van der Waals surface area contributed by atoms with Gasteiger partial charge in [-0.25, -0.2) is 0 Å². The fourth-order valence-corrected chi connectivity index (χ4v) is 3.21. The number of aromatic nitrogens is 3. The van der Waals surface area contributed by atoms with Crippen molar-refractivity contribution in [3.8, 4) is 0 Å². The number of carbonyl (C=O) groups excluding carboxylic acids is 1. The standard InChI is InChI=1S/C19H27N5O2/c1-6-24-14(3)10-17(21-24)19(25)23-7-8-26-18(12-23)16-11-15(22(4)5)9-13(2)20-16/h9-11,18H,6-8,12H2,1-5H3/t18-/m1/s1. The van der Waals surface area contributed by atoms with Crippen molar-refractivity contribution in [1.82, 2.24) is 19.7 Å². The Morgan fingerprint density at radius 2 is 2.08 bits per heavy atom. The van der Waals surface area contributed by atoms with Crippen LogP contribution in [0.5, 0.6) is 0 Å². The number of aryl methyl sites for hydroxylation is 3. The van der Waals surface area contributed by atoms with E-state index in [9.17, 15) is 4.79 Å². The molecule has 0 aromatic carbocycles. The number of hydrogen-bond acceptors (Lipinski definition) is 5. The van der Waals surface area contributed by atoms with E-state index in [4.69, 9.17) is 4.74 Å². The molecule has 0 radical (unpaired) electrons. The number of anilines is 1. The summed E-state index contributed by atoms with van der Waals surface area (Å²) in [7, 11) is 4.00. The Balaban J connectivity index is 1.80. The first-order valence-corrected chi connectivity index (χ1v) is 9.00. The van der Waals surface area contributed by atoms with Gasteiger partial charge in [-0.05, 0) is 39.0 Å². The van der Waals surface area contributed by atoms with Gasteiger partial charge in [-0.3, -0.25) is 14.5 Å². The highest BCUT2D eigenvalue weighted by atomic mass is 16.5. The maximum absolute atomic E-state index is 12.9. The Morgan fingerprint density at radius 1 is 1.31 bits per heavy atom. The number of nitrogens with zero attached hydrogens (tertiary/aromatic N) is 5. The Bertz CT molecular complexity index is 799. The summed E-state index contributed by atoms with van der Waals surface area (Å²) >= 11 is 0. The molecule has 26 heavy (non-hydrogen) atoms. The van der Waals surface area contributed by atoms with Crippen molar-refractivity contribution in [3.63, 3.8) is 0 Å². The second-order valence-corrected chi connectivity index (χ2v) is 6.88. The quantitative estimate of drug-likeness (QED) is 0.839. The number of amides is 1. The van der Waals surface area contributed by atoms with Gasteiger partial charge in [0.15, 0.2) is 5.69 Å². The summed E-state index contributed by atoms with van der Waals surface area (Å²) in [4.78, 5) is 21.4. The Morgan fingerprint density at radius 3 is 2.73 bits per heavy atom. The molecule has 1 aliphatic heterocycles. The zero-order valence-corrected chi connectivity index (χ0v) is 16.2. The molecule has 1 aliphatic rings. The largest absolute Gasteiger partial charge is 0.378 e. The van der Waals surface area contributed by atoms with Crippen LogP contribution < -0.4 is 4.90 Å². The normalized spacial score (nSPS) is 17.4. The minimum atomic E-state index is -0.222. The lowest BCUT2D eigenvalue weighted by molar-refractivity contribution is -0.0249. The van der Waals surface area contributed by atoms with E-state index in [1.165, 1.54) is 0 Å². The molecule has 7 heteroatoms. The molecule has 1 fully saturated rings. The van der Waals surface area contributed by atoms with Crippen LogP contribution in [0.3, 0.4) is 0 Å². The second kappa shape index (κ2) is 7.45. The zero-order valence-electron chi connectivity index (χ0n) is 16.2. The first kappa shape index (κ1) is 18.4. The van der Waals surface area contributed by atoms with Gasteiger partial charge in [-0.1, -0.05) is 0 Å². The van der Waals surface area contributed by atoms with Crippen molar-refractivity contribution in [2.24, 2.45) is 0 Å². The number of hydrogen-bond donors (Lipinski definition) is 0. The molecule has 1 saturated heterocycles. The van der Waals surface area contributed by atoms with Crippen LogP contribution in [0, 0.1) is 13.8 Å². The maximum Gasteiger partial charge on any atom is 0.274 e. The Kier molecular flexibility index (Phi) is 5.27. The van der Waals surface area contributed by atoms with Crippen LogP contribution in [0.2, 0.25) is 0 Å². The van der Waals surface area contributed by atoms with Gasteiger partial charge in [-0.15, -0.1) is 0 Å². The number of ether oxygens (including phenoxy) is 1. The zero-order chi connectivity index (χ0) is 18.8. The predicted molar refractivity (Wildman–Crippen MR) is 101 cm³/mol. The average Bonchev–Trinajstić information content (AvgIpc) is 3.01. The van der Waals surface area contributed by atoms with Crippen molar-refractivity contribution in [1.29, 1.82) is 0 Å². The molecule has 3 heterocycles. The van der Waals surface area contributed by atoms with Gasteiger partial charge in [0.25, 0.3) is 5.91 Å². The summed E-state index contributed by atoms with van der Waals surface area (Å²) in [6, 6.07) is 5.92. The minimum absolute atomic E-state index is 0.0471. The highest BCUT2D eigenvalue weighted by Crippen LogP contribution is 2.25. The molecule has 0 N–H and O–H groups in total. The van der Waals surface area contributed by atoms with Crippen molar-refractivity contribution < 1.29 is 9.53 Å². The summed E-state index contributed by atoms with van der Waals surface area (Å²) in [6.45, 7) is 8.27. The lowest BCUT2D eigenvalue weighted by Crippen LogP contribution is -2.42. The summed E-state index contributed by atoms with van der Waals surface area (Å²) in [5.74, 6) is -0.0471. The monoisotopic (exact) mass is 357 g/mol. The number of morpholine rings is 1. The second-order valence-electron chi connectivity index (χ2n) is 6.88. The maximum atomic E-state index is 12.9. The molecule has 0 saturated carbocycles. The highest BCUT2D eigenvalue weighted by Gasteiger charge is 2.28. The molecule has 140 valence electrons. The molecule has 0 unspecified atom stereocenters. The van der Waals surface area contributed by atoms with Crippen LogP contribution in [-0.2, 0) is 11.3 Å². The van der Waals surface area contributed by atoms with E-state index in [1.807, 2.05) is 67.5 Å². The van der Waals surface area contributed by atoms with Crippen molar-refractivity contribution in [2.45, 2.75) is 33.4 Å². The highest BCUT2D eigenvalue weighted by molar-refractivity contribution is 5.92. The van der Waals surface area contributed by atoms with Gasteiger partial charge < -0.3 is 14.5 Å². The van der Waals surface area contributed by atoms with E-state index in [-0.39, 0.29) is 12.0 Å². The van der Waals surface area contributed by atoms with Crippen LogP contribution in [0.1, 0.15) is 40.6 Å². The van der Waals surface area contributed by atoms with Gasteiger partial charge in [0.1, 0.15) is 6.10 Å². The molecule has 0 spiro atoms. The number of pyridine rings is 1. The first-order chi connectivity index (χ1) is 12.4. The summed E-state index contributed by atoms with van der Waals surface area (Å²) < 4.78 is 7.76. The number of carbonyl (C=O) groups is 1. The first-order valence-electron chi connectivity index (χ1n) is 9.00. The van der Waals surface area contributed by atoms with E-state index in [0.717, 1.165) is 29.3 Å². The summed E-state index contributed by atoms with van der Waals surface area (Å²) in [5, 5.41) is 4.41. The van der Waals surface area contributed by atoms with Gasteiger partial charge in [0.2, 0.25) is 0 Å². The van der Waals surface area contributed by atoms with Crippen molar-refractivity contribution in [2.75, 3.05) is 38.7 Å². The van der Waals surface area contributed by atoms with Crippen LogP contribution >= 0.6 is 0 Å². The fraction of sp³-hybridized carbons (Fsp3) is 0.526. The van der Waals surface area contributed by atoms with Crippen LogP contribution in [0.15, 0.2) is 18.2 Å². The third kappa shape index (κ3) is 3.72. The molecule has 2 aromatic heterocycles. The van der Waals surface area contributed by atoms with Crippen LogP contribution in [0.4, 0.5) is 5.69 Å². The summed E-state index contributed by atoms with van der Waals surface area (Å²) in [6.07, 6.45) is -0.222. The molecular weight excluding hydrogens is 330 g/mol. The van der Waals surface area contributed by atoms with E-state index < -0.39 is 0 Å². The lowest BCUT2D eigenvalue weighted by Gasteiger charge is -2.32. The van der Waals surface area contributed by atoms with Crippen LogP contribution in [0.25, 0.3) is 0 Å². The molecule has 3 rings (SSSR count). The molecule has 7 nitrogen and oxygen atoms in total. The Hall–Kier alpha value is -2.41. The Labute approximate surface area is 154 Å². The third-order valence-electron chi connectivity index (χ3n) is 4.66. The fourth-order valence-electron chi connectivity index (χ4n) is 3.21. The van der Waals surface area contributed by atoms with Gasteiger partial charge >= 0.3 is 0 Å². The van der Waals surface area contributed by atoms with Crippen molar-refractivity contribution in [3.05, 3.63) is 41.0 Å². The van der Waals surface area contributed by atoms with Gasteiger partial charge in [0, 0.05) is 44.3 Å². The van der Waals surface area contributed by atoms with E-state index >= 15 is 0 Å². The van der Waals surface area contributed by atoms with Gasteiger partial charge in [-0.2, -0.15) is 5.10 Å². The molecule has 2 aromatic rings. The molecular formula is C19H27N5O2. The smallest absolute Gasteiger partial charge is 0.274 e. The summed E-state index contributed by atoms with van der Waals surface area (Å²) in [5.41, 5.74) is 4.38. The SMILES string of the molecule is CCn1nc(C(=O)N2CCO[C@@H](c3cc(N(C)C)cc(C)n3)C2)cc1C. The predicted octanol–water partition coefficient (Wildman–Crippen LogP) is 2.19. The van der Waals surface area contributed by atoms with E-state index in [0.29, 0.717) is 25.4 Å². The topological polar surface area (TPSA) is 63.5 Å². The number of rotatable bonds is 4. The lowest BCUT2D eigenvalue weighted by atomic mass is 10.1. The third-order valence-corrected chi connectivity index (χ3v) is 4.66. The van der Waals surface area contributed by atoms with E-state index in [2.05, 4.69) is 10.1 Å². The van der Waals surface area contributed by atoms with Gasteiger partial charge in [0.05, 0.1) is 18.8 Å².